The highest BCUT2D eigenvalue weighted by molar-refractivity contribution is 5.94. The van der Waals surface area contributed by atoms with E-state index in [1.807, 2.05) is 23.1 Å². The molecule has 3 heterocycles. The molecule has 1 fully saturated rings. The zero-order valence-corrected chi connectivity index (χ0v) is 15.5. The standard InChI is InChI=1S/C21H22FN3O3/c22-16-4-1-3-15(11-16)12-17-13-20(28-24-17)21(26)25-9-6-18(7-10-25)27-19-5-2-8-23-14-19/h1-5,8,11,14,18,20H,6-7,9-10,12-13H2/t20-/m0/s1. The molecule has 2 aromatic rings. The van der Waals surface area contributed by atoms with Crippen molar-refractivity contribution in [3.8, 4) is 5.75 Å². The molecule has 0 N–H and O–H groups in total. The van der Waals surface area contributed by atoms with Gasteiger partial charge in [-0.15, -0.1) is 0 Å². The third kappa shape index (κ3) is 4.47. The Morgan fingerprint density at radius 1 is 1.25 bits per heavy atom. The van der Waals surface area contributed by atoms with Gasteiger partial charge >= 0.3 is 0 Å². The summed E-state index contributed by atoms with van der Waals surface area (Å²) in [7, 11) is 0. The third-order valence-electron chi connectivity index (χ3n) is 4.99. The van der Waals surface area contributed by atoms with E-state index >= 15 is 0 Å². The maximum atomic E-state index is 13.3. The van der Waals surface area contributed by atoms with E-state index in [4.69, 9.17) is 9.57 Å². The Labute approximate surface area is 163 Å². The first-order valence-electron chi connectivity index (χ1n) is 9.49. The molecule has 28 heavy (non-hydrogen) atoms. The second-order valence-electron chi connectivity index (χ2n) is 7.09. The summed E-state index contributed by atoms with van der Waals surface area (Å²) in [5, 5.41) is 4.04. The van der Waals surface area contributed by atoms with Crippen LogP contribution in [0.2, 0.25) is 0 Å². The van der Waals surface area contributed by atoms with Gasteiger partial charge in [-0.05, 0) is 29.8 Å². The molecule has 2 aliphatic heterocycles. The Morgan fingerprint density at radius 2 is 2.11 bits per heavy atom. The van der Waals surface area contributed by atoms with E-state index in [-0.39, 0.29) is 17.8 Å². The van der Waals surface area contributed by atoms with Crippen molar-refractivity contribution in [3.63, 3.8) is 0 Å². The smallest absolute Gasteiger partial charge is 0.266 e. The van der Waals surface area contributed by atoms with Gasteiger partial charge in [0.15, 0.2) is 0 Å². The zero-order chi connectivity index (χ0) is 19.3. The number of benzene rings is 1. The number of amides is 1. The quantitative estimate of drug-likeness (QED) is 0.796. The molecule has 7 heteroatoms. The molecule has 4 rings (SSSR count). The molecule has 0 spiro atoms. The minimum Gasteiger partial charge on any atom is -0.489 e. The Hall–Kier alpha value is -2.96. The summed E-state index contributed by atoms with van der Waals surface area (Å²) in [6.07, 6.45) is 5.37. The SMILES string of the molecule is O=C([C@@H]1CC(Cc2cccc(F)c2)=NO1)N1CCC(Oc2cccnc2)CC1. The second kappa shape index (κ2) is 8.37. The number of pyridine rings is 1. The number of carbonyl (C=O) groups excluding carboxylic acids is 1. The zero-order valence-electron chi connectivity index (χ0n) is 15.5. The number of rotatable bonds is 5. The largest absolute Gasteiger partial charge is 0.489 e. The van der Waals surface area contributed by atoms with E-state index in [1.165, 1.54) is 12.1 Å². The molecule has 0 radical (unpaired) electrons. The number of aromatic nitrogens is 1. The van der Waals surface area contributed by atoms with Crippen LogP contribution in [0.3, 0.4) is 0 Å². The average Bonchev–Trinajstić information content (AvgIpc) is 3.17. The van der Waals surface area contributed by atoms with Crippen LogP contribution in [-0.2, 0) is 16.1 Å². The maximum Gasteiger partial charge on any atom is 0.266 e. The van der Waals surface area contributed by atoms with E-state index in [1.54, 1.807) is 18.5 Å². The summed E-state index contributed by atoms with van der Waals surface area (Å²) in [5.74, 6) is 0.431. The van der Waals surface area contributed by atoms with Crippen molar-refractivity contribution in [2.75, 3.05) is 13.1 Å². The summed E-state index contributed by atoms with van der Waals surface area (Å²) in [4.78, 5) is 24.0. The van der Waals surface area contributed by atoms with Crippen LogP contribution in [0.15, 0.2) is 53.9 Å². The fourth-order valence-corrected chi connectivity index (χ4v) is 3.55. The molecule has 1 aromatic heterocycles. The van der Waals surface area contributed by atoms with Gasteiger partial charge in [-0.2, -0.15) is 0 Å². The molecule has 1 aromatic carbocycles. The summed E-state index contributed by atoms with van der Waals surface area (Å²) in [6.45, 7) is 1.26. The van der Waals surface area contributed by atoms with Gasteiger partial charge in [0.1, 0.15) is 17.7 Å². The molecule has 1 amide bonds. The third-order valence-corrected chi connectivity index (χ3v) is 4.99. The predicted molar refractivity (Wildman–Crippen MR) is 101 cm³/mol. The Kier molecular flexibility index (Phi) is 5.50. The molecule has 0 saturated carbocycles. The lowest BCUT2D eigenvalue weighted by atomic mass is 10.0. The average molecular weight is 383 g/mol. The molecule has 1 saturated heterocycles. The van der Waals surface area contributed by atoms with Gasteiger partial charge in [-0.3, -0.25) is 9.78 Å². The molecule has 146 valence electrons. The van der Waals surface area contributed by atoms with Crippen molar-refractivity contribution >= 4 is 11.6 Å². The van der Waals surface area contributed by atoms with E-state index in [0.29, 0.717) is 25.9 Å². The van der Waals surface area contributed by atoms with Gasteiger partial charge in [0.2, 0.25) is 6.10 Å². The first kappa shape index (κ1) is 18.4. The molecular formula is C21H22FN3O3. The van der Waals surface area contributed by atoms with Crippen molar-refractivity contribution in [3.05, 3.63) is 60.2 Å². The highest BCUT2D eigenvalue weighted by Gasteiger charge is 2.34. The normalized spacial score (nSPS) is 19.8. The van der Waals surface area contributed by atoms with Crippen LogP contribution in [0.5, 0.6) is 5.75 Å². The minimum atomic E-state index is -0.584. The van der Waals surface area contributed by atoms with Crippen LogP contribution in [0.4, 0.5) is 4.39 Å². The predicted octanol–water partition coefficient (Wildman–Crippen LogP) is 2.98. The van der Waals surface area contributed by atoms with Gasteiger partial charge in [-0.1, -0.05) is 17.3 Å². The number of ether oxygens (including phenoxy) is 1. The maximum absolute atomic E-state index is 13.3. The van der Waals surface area contributed by atoms with Crippen LogP contribution in [0, 0.1) is 5.82 Å². The second-order valence-corrected chi connectivity index (χ2v) is 7.09. The number of carbonyl (C=O) groups is 1. The summed E-state index contributed by atoms with van der Waals surface area (Å²) in [6, 6.07) is 10.1. The van der Waals surface area contributed by atoms with Crippen molar-refractivity contribution in [1.29, 1.82) is 0 Å². The van der Waals surface area contributed by atoms with Crippen molar-refractivity contribution in [2.24, 2.45) is 5.16 Å². The number of piperidine rings is 1. The van der Waals surface area contributed by atoms with E-state index in [9.17, 15) is 9.18 Å². The molecular weight excluding hydrogens is 361 g/mol. The summed E-state index contributed by atoms with van der Waals surface area (Å²) >= 11 is 0. The molecule has 2 aliphatic rings. The van der Waals surface area contributed by atoms with Crippen LogP contribution < -0.4 is 4.74 Å². The Bertz CT molecular complexity index is 851. The fraction of sp³-hybridized carbons (Fsp3) is 0.381. The lowest BCUT2D eigenvalue weighted by molar-refractivity contribution is -0.143. The molecule has 0 bridgehead atoms. The number of hydrogen-bond acceptors (Lipinski definition) is 5. The van der Waals surface area contributed by atoms with Gasteiger partial charge in [0.05, 0.1) is 11.9 Å². The van der Waals surface area contributed by atoms with E-state index in [2.05, 4.69) is 10.1 Å². The van der Waals surface area contributed by atoms with Crippen molar-refractivity contribution < 1.29 is 18.8 Å². The Balaban J connectivity index is 1.25. The lowest BCUT2D eigenvalue weighted by Gasteiger charge is -2.33. The summed E-state index contributed by atoms with van der Waals surface area (Å²) < 4.78 is 19.2. The number of nitrogens with zero attached hydrogens (tertiary/aromatic N) is 3. The highest BCUT2D eigenvalue weighted by atomic mass is 19.1. The monoisotopic (exact) mass is 383 g/mol. The Morgan fingerprint density at radius 3 is 2.86 bits per heavy atom. The number of oxime groups is 1. The van der Waals surface area contributed by atoms with Crippen LogP contribution in [0.25, 0.3) is 0 Å². The highest BCUT2D eigenvalue weighted by Crippen LogP contribution is 2.22. The van der Waals surface area contributed by atoms with E-state index in [0.717, 1.165) is 29.9 Å². The first-order valence-corrected chi connectivity index (χ1v) is 9.49. The lowest BCUT2D eigenvalue weighted by Crippen LogP contribution is -2.46. The number of likely N-dealkylation sites (tertiary alicyclic amines) is 1. The van der Waals surface area contributed by atoms with Crippen molar-refractivity contribution in [2.45, 2.75) is 37.9 Å². The van der Waals surface area contributed by atoms with Gasteiger partial charge < -0.3 is 14.5 Å². The van der Waals surface area contributed by atoms with Gasteiger partial charge in [-0.25, -0.2) is 4.39 Å². The fourth-order valence-electron chi connectivity index (χ4n) is 3.55. The van der Waals surface area contributed by atoms with Gasteiger partial charge in [0.25, 0.3) is 5.91 Å². The topological polar surface area (TPSA) is 64.0 Å². The van der Waals surface area contributed by atoms with Gasteiger partial charge in [0, 0.05) is 45.0 Å². The summed E-state index contributed by atoms with van der Waals surface area (Å²) in [5.41, 5.74) is 1.59. The van der Waals surface area contributed by atoms with Crippen LogP contribution >= 0.6 is 0 Å². The van der Waals surface area contributed by atoms with E-state index < -0.39 is 6.10 Å². The molecule has 0 aliphatic carbocycles. The molecule has 6 nitrogen and oxygen atoms in total. The van der Waals surface area contributed by atoms with Crippen LogP contribution in [0.1, 0.15) is 24.8 Å². The molecule has 1 atom stereocenters. The number of hydrogen-bond donors (Lipinski definition) is 0. The van der Waals surface area contributed by atoms with Crippen LogP contribution in [-0.4, -0.2) is 46.8 Å². The molecule has 0 unspecified atom stereocenters. The minimum absolute atomic E-state index is 0.0437. The first-order chi connectivity index (χ1) is 13.7. The van der Waals surface area contributed by atoms with Crippen molar-refractivity contribution in [1.82, 2.24) is 9.88 Å². The number of halogens is 1.